The van der Waals surface area contributed by atoms with Crippen LogP contribution in [-0.2, 0) is 14.8 Å². The number of anilines is 1. The van der Waals surface area contributed by atoms with E-state index < -0.39 is 21.9 Å². The molecule has 0 spiro atoms. The lowest BCUT2D eigenvalue weighted by molar-refractivity contribution is -0.131. The lowest BCUT2D eigenvalue weighted by Crippen LogP contribution is -2.14. The van der Waals surface area contributed by atoms with Gasteiger partial charge in [0.2, 0.25) is 10.0 Å². The van der Waals surface area contributed by atoms with Gasteiger partial charge in [-0.05, 0) is 41.5 Å². The molecule has 7 N–H and O–H groups in total. The molecule has 0 fully saturated rings. The molecular formula is C16H15N3O5S. The molecule has 0 radical (unpaired) electrons. The summed E-state index contributed by atoms with van der Waals surface area (Å²) in [6.07, 6.45) is 2.20. The number of benzene rings is 2. The lowest BCUT2D eigenvalue weighted by atomic mass is 9.96. The third-order valence-electron chi connectivity index (χ3n) is 3.38. The predicted molar refractivity (Wildman–Crippen MR) is 92.9 cm³/mol. The summed E-state index contributed by atoms with van der Waals surface area (Å²) in [6.45, 7) is 0. The van der Waals surface area contributed by atoms with Crippen LogP contribution in [0, 0.1) is 0 Å². The monoisotopic (exact) mass is 361 g/mol. The van der Waals surface area contributed by atoms with Crippen LogP contribution in [0.3, 0.4) is 0 Å². The average Bonchev–Trinajstić information content (AvgIpc) is 2.52. The van der Waals surface area contributed by atoms with Gasteiger partial charge >= 0.3 is 5.97 Å². The van der Waals surface area contributed by atoms with Gasteiger partial charge in [0.15, 0.2) is 0 Å². The van der Waals surface area contributed by atoms with Gasteiger partial charge in [-0.25, -0.2) is 18.4 Å². The number of carbonyl (C=O) groups excluding carboxylic acids is 1. The molecule has 0 aliphatic carbocycles. The van der Waals surface area contributed by atoms with Gasteiger partial charge in [0, 0.05) is 11.6 Å². The SMILES string of the molecule is NC(=O)c1cc(/C=C/C(=O)O)cc(-c2ccc(S(N)(=O)=O)cc2)c1N. The summed E-state index contributed by atoms with van der Waals surface area (Å²) in [5.41, 5.74) is 12.7. The van der Waals surface area contributed by atoms with Crippen molar-refractivity contribution in [2.45, 2.75) is 4.90 Å². The molecule has 0 saturated heterocycles. The second-order valence-corrected chi connectivity index (χ2v) is 6.70. The Labute approximate surface area is 143 Å². The number of aliphatic carboxylic acids is 1. The molecule has 130 valence electrons. The summed E-state index contributed by atoms with van der Waals surface area (Å²) in [5.74, 6) is -1.93. The Morgan fingerprint density at radius 3 is 2.16 bits per heavy atom. The van der Waals surface area contributed by atoms with Crippen LogP contribution in [-0.4, -0.2) is 25.4 Å². The van der Waals surface area contributed by atoms with E-state index >= 15 is 0 Å². The third-order valence-corrected chi connectivity index (χ3v) is 4.31. The zero-order chi connectivity index (χ0) is 18.8. The Morgan fingerprint density at radius 1 is 1.08 bits per heavy atom. The highest BCUT2D eigenvalue weighted by Gasteiger charge is 2.14. The smallest absolute Gasteiger partial charge is 0.328 e. The number of carbonyl (C=O) groups is 2. The molecule has 25 heavy (non-hydrogen) atoms. The van der Waals surface area contributed by atoms with Gasteiger partial charge in [0.25, 0.3) is 5.91 Å². The standard InChI is InChI=1S/C16H15N3O5S/c17-15-12(10-2-4-11(5-3-10)25(19,23)24)7-9(1-6-14(20)21)8-13(15)16(18)22/h1-8H,17H2,(H2,18,22)(H,20,21)(H2,19,23,24)/b6-1+. The maximum Gasteiger partial charge on any atom is 0.328 e. The quantitative estimate of drug-likeness (QED) is 0.453. The van der Waals surface area contributed by atoms with Gasteiger partial charge in [-0.1, -0.05) is 12.1 Å². The number of hydrogen-bond acceptors (Lipinski definition) is 5. The summed E-state index contributed by atoms with van der Waals surface area (Å²) < 4.78 is 22.6. The van der Waals surface area contributed by atoms with Crippen molar-refractivity contribution in [1.82, 2.24) is 0 Å². The highest BCUT2D eigenvalue weighted by atomic mass is 32.2. The minimum Gasteiger partial charge on any atom is -0.478 e. The number of carboxylic acid groups (broad SMARTS) is 1. The lowest BCUT2D eigenvalue weighted by Gasteiger charge is -2.12. The molecule has 0 unspecified atom stereocenters. The largest absolute Gasteiger partial charge is 0.478 e. The van der Waals surface area contributed by atoms with Crippen molar-refractivity contribution < 1.29 is 23.1 Å². The van der Waals surface area contributed by atoms with Gasteiger partial charge < -0.3 is 16.6 Å². The minimum atomic E-state index is -3.84. The molecule has 1 amide bonds. The first-order valence-electron chi connectivity index (χ1n) is 6.87. The molecule has 2 aromatic carbocycles. The van der Waals surface area contributed by atoms with Crippen molar-refractivity contribution >= 4 is 33.7 Å². The summed E-state index contributed by atoms with van der Waals surface area (Å²) in [5, 5.41) is 13.8. The fourth-order valence-corrected chi connectivity index (χ4v) is 2.72. The summed E-state index contributed by atoms with van der Waals surface area (Å²) in [4.78, 5) is 22.2. The van der Waals surface area contributed by atoms with Crippen LogP contribution in [0.4, 0.5) is 5.69 Å². The number of amides is 1. The van der Waals surface area contributed by atoms with Crippen LogP contribution in [0.15, 0.2) is 47.4 Å². The first-order valence-corrected chi connectivity index (χ1v) is 8.42. The second-order valence-electron chi connectivity index (χ2n) is 5.13. The van der Waals surface area contributed by atoms with Gasteiger partial charge in [-0.15, -0.1) is 0 Å². The van der Waals surface area contributed by atoms with Crippen LogP contribution < -0.4 is 16.6 Å². The van der Waals surface area contributed by atoms with Crippen LogP contribution in [0.2, 0.25) is 0 Å². The Hall–Kier alpha value is -3.17. The molecule has 8 nitrogen and oxygen atoms in total. The maximum absolute atomic E-state index is 11.6. The van der Waals surface area contributed by atoms with E-state index in [2.05, 4.69) is 0 Å². The molecule has 0 bridgehead atoms. The maximum atomic E-state index is 11.6. The molecule has 0 aliphatic rings. The first kappa shape index (κ1) is 18.2. The fraction of sp³-hybridized carbons (Fsp3) is 0. The van der Waals surface area contributed by atoms with E-state index in [9.17, 15) is 18.0 Å². The molecule has 0 aromatic heterocycles. The molecule has 0 atom stereocenters. The van der Waals surface area contributed by atoms with Crippen molar-refractivity contribution in [1.29, 1.82) is 0 Å². The van der Waals surface area contributed by atoms with E-state index in [4.69, 9.17) is 21.7 Å². The number of nitrogen functional groups attached to an aromatic ring is 1. The van der Waals surface area contributed by atoms with Crippen molar-refractivity contribution in [3.8, 4) is 11.1 Å². The highest BCUT2D eigenvalue weighted by Crippen LogP contribution is 2.31. The van der Waals surface area contributed by atoms with Crippen molar-refractivity contribution in [2.75, 3.05) is 5.73 Å². The van der Waals surface area contributed by atoms with Crippen LogP contribution >= 0.6 is 0 Å². The fourth-order valence-electron chi connectivity index (χ4n) is 2.21. The Bertz CT molecular complexity index is 980. The number of primary sulfonamides is 1. The van der Waals surface area contributed by atoms with E-state index in [0.717, 1.165) is 6.08 Å². The normalized spacial score (nSPS) is 11.6. The zero-order valence-corrected chi connectivity index (χ0v) is 13.7. The summed E-state index contributed by atoms with van der Waals surface area (Å²) in [7, 11) is -3.84. The van der Waals surface area contributed by atoms with Gasteiger partial charge in [-0.2, -0.15) is 0 Å². The van der Waals surface area contributed by atoms with Crippen molar-refractivity contribution in [3.63, 3.8) is 0 Å². The van der Waals surface area contributed by atoms with E-state index in [1.807, 2.05) is 0 Å². The number of hydrogen-bond donors (Lipinski definition) is 4. The van der Waals surface area contributed by atoms with Crippen molar-refractivity contribution in [3.05, 3.63) is 53.6 Å². The Kier molecular flexibility index (Phi) is 4.91. The average molecular weight is 361 g/mol. The predicted octanol–water partition coefficient (Wildman–Crippen LogP) is 0.780. The highest BCUT2D eigenvalue weighted by molar-refractivity contribution is 7.89. The van der Waals surface area contributed by atoms with Crippen molar-refractivity contribution in [2.24, 2.45) is 10.9 Å². The topological polar surface area (TPSA) is 167 Å². The molecule has 9 heteroatoms. The van der Waals surface area contributed by atoms with Crippen LogP contribution in [0.5, 0.6) is 0 Å². The van der Waals surface area contributed by atoms with Gasteiger partial charge in [-0.3, -0.25) is 4.79 Å². The van der Waals surface area contributed by atoms with E-state index in [0.29, 0.717) is 16.7 Å². The van der Waals surface area contributed by atoms with E-state index in [-0.39, 0.29) is 16.1 Å². The minimum absolute atomic E-state index is 0.0260. The molecular weight excluding hydrogens is 346 g/mol. The molecule has 0 saturated carbocycles. The van der Waals surface area contributed by atoms with E-state index in [1.165, 1.54) is 36.4 Å². The van der Waals surface area contributed by atoms with Gasteiger partial charge in [0.1, 0.15) is 0 Å². The zero-order valence-electron chi connectivity index (χ0n) is 12.8. The summed E-state index contributed by atoms with van der Waals surface area (Å²) >= 11 is 0. The molecule has 0 aliphatic heterocycles. The number of primary amides is 1. The number of sulfonamides is 1. The summed E-state index contributed by atoms with van der Waals surface area (Å²) in [6, 6.07) is 8.48. The van der Waals surface area contributed by atoms with E-state index in [1.54, 1.807) is 6.07 Å². The van der Waals surface area contributed by atoms with Crippen LogP contribution in [0.25, 0.3) is 17.2 Å². The number of carboxylic acids is 1. The Balaban J connectivity index is 2.63. The third kappa shape index (κ3) is 4.22. The Morgan fingerprint density at radius 2 is 1.68 bits per heavy atom. The molecule has 2 rings (SSSR count). The second kappa shape index (κ2) is 6.75. The molecule has 0 heterocycles. The number of rotatable bonds is 5. The van der Waals surface area contributed by atoms with Crippen LogP contribution in [0.1, 0.15) is 15.9 Å². The molecule has 2 aromatic rings. The number of nitrogens with two attached hydrogens (primary N) is 3. The first-order chi connectivity index (χ1) is 11.6. The van der Waals surface area contributed by atoms with Gasteiger partial charge in [0.05, 0.1) is 16.1 Å².